The van der Waals surface area contributed by atoms with Crippen LogP contribution in [0, 0.1) is 0 Å². The van der Waals surface area contributed by atoms with Gasteiger partial charge in [-0.1, -0.05) is 61.9 Å². The molecule has 2 N–H and O–H groups in total. The minimum atomic E-state index is -0.991. The van der Waals surface area contributed by atoms with Crippen molar-refractivity contribution in [3.63, 3.8) is 0 Å². The summed E-state index contributed by atoms with van der Waals surface area (Å²) in [6, 6.07) is 16.0. The van der Waals surface area contributed by atoms with Crippen molar-refractivity contribution in [3.8, 4) is 22.5 Å². The lowest BCUT2D eigenvalue weighted by Crippen LogP contribution is -2.38. The van der Waals surface area contributed by atoms with Crippen LogP contribution in [0.5, 0.6) is 0 Å². The SMILES string of the molecule is CCCCC1N(Cl)C(Cc2ccc(-c3ccccc3-c3nn[nH]n3)cc2)=CN1C(=O)O. The van der Waals surface area contributed by atoms with Gasteiger partial charge in [0, 0.05) is 30.0 Å². The molecule has 1 aliphatic heterocycles. The molecule has 4 rings (SSSR count). The van der Waals surface area contributed by atoms with Gasteiger partial charge < -0.3 is 5.11 Å². The van der Waals surface area contributed by atoms with E-state index in [1.54, 1.807) is 10.6 Å². The molecule has 0 aliphatic carbocycles. The van der Waals surface area contributed by atoms with Crippen molar-refractivity contribution in [2.75, 3.05) is 0 Å². The van der Waals surface area contributed by atoms with Gasteiger partial charge in [0.25, 0.3) is 0 Å². The van der Waals surface area contributed by atoms with Gasteiger partial charge in [-0.3, -0.25) is 9.32 Å². The Labute approximate surface area is 185 Å². The second-order valence-corrected chi connectivity index (χ2v) is 7.76. The first-order chi connectivity index (χ1) is 15.1. The first-order valence-corrected chi connectivity index (χ1v) is 10.5. The number of amides is 1. The highest BCUT2D eigenvalue weighted by Gasteiger charge is 2.34. The smallest absolute Gasteiger partial charge is 0.413 e. The summed E-state index contributed by atoms with van der Waals surface area (Å²) in [5.41, 5.74) is 4.74. The molecule has 0 saturated heterocycles. The van der Waals surface area contributed by atoms with Gasteiger partial charge in [0.15, 0.2) is 0 Å². The van der Waals surface area contributed by atoms with Crippen LogP contribution in [-0.4, -0.2) is 47.3 Å². The lowest BCUT2D eigenvalue weighted by atomic mass is 9.97. The topological polar surface area (TPSA) is 98.2 Å². The molecule has 0 saturated carbocycles. The summed E-state index contributed by atoms with van der Waals surface area (Å²) < 4.78 is 1.56. The van der Waals surface area contributed by atoms with Gasteiger partial charge in [0.2, 0.25) is 5.82 Å². The van der Waals surface area contributed by atoms with Crippen LogP contribution in [0.3, 0.4) is 0 Å². The van der Waals surface area contributed by atoms with E-state index in [1.807, 2.05) is 48.5 Å². The fourth-order valence-corrected chi connectivity index (χ4v) is 4.06. The Morgan fingerprint density at radius 3 is 2.55 bits per heavy atom. The number of hydrogen-bond donors (Lipinski definition) is 2. The maximum atomic E-state index is 11.6. The Morgan fingerprint density at radius 2 is 1.90 bits per heavy atom. The molecule has 1 aliphatic rings. The van der Waals surface area contributed by atoms with Crippen molar-refractivity contribution in [3.05, 3.63) is 66.0 Å². The molecule has 8 nitrogen and oxygen atoms in total. The molecule has 0 radical (unpaired) electrons. The lowest BCUT2D eigenvalue weighted by Gasteiger charge is -2.26. The average molecular weight is 439 g/mol. The van der Waals surface area contributed by atoms with E-state index in [0.29, 0.717) is 18.7 Å². The number of carboxylic acid groups (broad SMARTS) is 1. The fraction of sp³-hybridized carbons (Fsp3) is 0.273. The van der Waals surface area contributed by atoms with Crippen LogP contribution in [0.4, 0.5) is 4.79 Å². The Morgan fingerprint density at radius 1 is 1.16 bits per heavy atom. The summed E-state index contributed by atoms with van der Waals surface area (Å²) >= 11 is 6.51. The molecular weight excluding hydrogens is 416 g/mol. The number of aromatic amines is 1. The number of H-pyrrole nitrogens is 1. The number of carbonyl (C=O) groups is 1. The number of unbranched alkanes of at least 4 members (excludes halogenated alkanes) is 1. The molecule has 160 valence electrons. The summed E-state index contributed by atoms with van der Waals surface area (Å²) in [5, 5.41) is 23.8. The van der Waals surface area contributed by atoms with Crippen molar-refractivity contribution >= 4 is 17.9 Å². The molecule has 1 amide bonds. The van der Waals surface area contributed by atoms with Crippen molar-refractivity contribution in [1.82, 2.24) is 29.9 Å². The molecule has 31 heavy (non-hydrogen) atoms. The average Bonchev–Trinajstić information content (AvgIpc) is 3.42. The Kier molecular flexibility index (Phi) is 6.18. The summed E-state index contributed by atoms with van der Waals surface area (Å²) in [5.74, 6) is 0.542. The second kappa shape index (κ2) is 9.18. The molecular formula is C22H23ClN6O2. The molecule has 1 aromatic heterocycles. The molecule has 0 fully saturated rings. The van der Waals surface area contributed by atoms with Crippen LogP contribution in [0.25, 0.3) is 22.5 Å². The van der Waals surface area contributed by atoms with Gasteiger partial charge in [-0.2, -0.15) is 5.21 Å². The van der Waals surface area contributed by atoms with E-state index in [-0.39, 0.29) is 6.17 Å². The van der Waals surface area contributed by atoms with E-state index in [1.165, 1.54) is 4.90 Å². The predicted octanol–water partition coefficient (Wildman–Crippen LogP) is 4.88. The normalized spacial score (nSPS) is 15.9. The molecule has 1 atom stereocenters. The van der Waals surface area contributed by atoms with E-state index in [2.05, 4.69) is 27.5 Å². The molecule has 0 bridgehead atoms. The first kappa shape index (κ1) is 20.9. The Hall–Kier alpha value is -3.39. The zero-order chi connectivity index (χ0) is 21.8. The number of nitrogens with zero attached hydrogens (tertiary/aromatic N) is 5. The number of allylic oxidation sites excluding steroid dienone is 1. The van der Waals surface area contributed by atoms with Crippen LogP contribution in [-0.2, 0) is 6.42 Å². The molecule has 9 heteroatoms. The summed E-state index contributed by atoms with van der Waals surface area (Å²) in [6.07, 6.45) is 3.41. The van der Waals surface area contributed by atoms with Crippen LogP contribution in [0.15, 0.2) is 60.4 Å². The van der Waals surface area contributed by atoms with Gasteiger partial charge in [-0.05, 0) is 34.7 Å². The van der Waals surface area contributed by atoms with Crippen LogP contribution in [0.1, 0.15) is 31.7 Å². The summed E-state index contributed by atoms with van der Waals surface area (Å²) in [4.78, 5) is 12.9. The van der Waals surface area contributed by atoms with Crippen LogP contribution in [0.2, 0.25) is 0 Å². The quantitative estimate of drug-likeness (QED) is 0.510. The highest BCUT2D eigenvalue weighted by molar-refractivity contribution is 6.15. The highest BCUT2D eigenvalue weighted by atomic mass is 35.5. The van der Waals surface area contributed by atoms with Gasteiger partial charge >= 0.3 is 6.09 Å². The third kappa shape index (κ3) is 4.39. The summed E-state index contributed by atoms with van der Waals surface area (Å²) in [7, 11) is 0. The fourth-order valence-electron chi connectivity index (χ4n) is 3.76. The van der Waals surface area contributed by atoms with Crippen molar-refractivity contribution < 1.29 is 9.90 Å². The zero-order valence-electron chi connectivity index (χ0n) is 17.1. The van der Waals surface area contributed by atoms with Gasteiger partial charge in [-0.15, -0.1) is 10.2 Å². The van der Waals surface area contributed by atoms with E-state index in [0.717, 1.165) is 40.8 Å². The van der Waals surface area contributed by atoms with Crippen LogP contribution >= 0.6 is 11.8 Å². The maximum absolute atomic E-state index is 11.6. The van der Waals surface area contributed by atoms with E-state index in [4.69, 9.17) is 11.8 Å². The first-order valence-electron chi connectivity index (χ1n) is 10.2. The number of aromatic nitrogens is 4. The second-order valence-electron chi connectivity index (χ2n) is 7.40. The number of benzene rings is 2. The lowest BCUT2D eigenvalue weighted by molar-refractivity contribution is 0.131. The van der Waals surface area contributed by atoms with Crippen molar-refractivity contribution in [1.29, 1.82) is 0 Å². The Balaban J connectivity index is 1.54. The van der Waals surface area contributed by atoms with Gasteiger partial charge in [-0.25, -0.2) is 4.79 Å². The molecule has 1 unspecified atom stereocenters. The number of hydrogen-bond acceptors (Lipinski definition) is 5. The third-order valence-electron chi connectivity index (χ3n) is 5.35. The Bertz CT molecular complexity index is 1070. The minimum absolute atomic E-state index is 0.366. The largest absolute Gasteiger partial charge is 0.465 e. The monoisotopic (exact) mass is 438 g/mol. The molecule has 2 heterocycles. The van der Waals surface area contributed by atoms with Crippen molar-refractivity contribution in [2.24, 2.45) is 0 Å². The zero-order valence-corrected chi connectivity index (χ0v) is 17.8. The van der Waals surface area contributed by atoms with E-state index >= 15 is 0 Å². The van der Waals surface area contributed by atoms with Crippen molar-refractivity contribution in [2.45, 2.75) is 38.8 Å². The number of nitrogens with one attached hydrogen (secondary N) is 1. The maximum Gasteiger partial charge on any atom is 0.413 e. The predicted molar refractivity (Wildman–Crippen MR) is 118 cm³/mol. The summed E-state index contributed by atoms with van der Waals surface area (Å²) in [6.45, 7) is 2.07. The molecule has 2 aromatic carbocycles. The molecule has 0 spiro atoms. The number of rotatable bonds is 7. The number of tetrazole rings is 1. The minimum Gasteiger partial charge on any atom is -0.465 e. The number of halogens is 1. The standard InChI is InChI=1S/C22H23ClN6O2/c1-2-3-8-20-28(22(30)31)14-17(29(20)23)13-15-9-11-16(12-10-15)18-6-4-5-7-19(18)21-24-26-27-25-21/h4-7,9-12,14,20H,2-3,8,13H2,1H3,(H,30,31)(H,24,25,26,27). The van der Waals surface area contributed by atoms with Gasteiger partial charge in [0.1, 0.15) is 6.17 Å². The third-order valence-corrected chi connectivity index (χ3v) is 5.79. The van der Waals surface area contributed by atoms with Crippen LogP contribution < -0.4 is 0 Å². The highest BCUT2D eigenvalue weighted by Crippen LogP contribution is 2.33. The van der Waals surface area contributed by atoms with E-state index < -0.39 is 6.09 Å². The molecule has 3 aromatic rings. The van der Waals surface area contributed by atoms with Gasteiger partial charge in [0.05, 0.1) is 5.70 Å². The van der Waals surface area contributed by atoms with E-state index in [9.17, 15) is 9.90 Å².